The minimum Gasteiger partial charge on any atom is -0.492 e. The summed E-state index contributed by atoms with van der Waals surface area (Å²) in [6.45, 7) is 12.5. The molecule has 2 aliphatic rings. The third-order valence-corrected chi connectivity index (χ3v) is 10.2. The lowest BCUT2D eigenvalue weighted by Gasteiger charge is -2.27. The van der Waals surface area contributed by atoms with Crippen molar-refractivity contribution < 1.29 is 37.4 Å². The van der Waals surface area contributed by atoms with Crippen LogP contribution in [-0.4, -0.2) is 103 Å². The number of ether oxygens (including phenoxy) is 1. The van der Waals surface area contributed by atoms with Crippen LogP contribution in [0.3, 0.4) is 0 Å². The molecule has 4 aromatic rings. The van der Waals surface area contributed by atoms with Crippen molar-refractivity contribution in [2.24, 2.45) is 5.92 Å². The van der Waals surface area contributed by atoms with Gasteiger partial charge in [0, 0.05) is 68.5 Å². The second kappa shape index (κ2) is 18.0. The number of hydrogen-bond donors (Lipinski definition) is 4. The van der Waals surface area contributed by atoms with Gasteiger partial charge in [-0.2, -0.15) is 13.2 Å². The Labute approximate surface area is 305 Å². The van der Waals surface area contributed by atoms with Crippen LogP contribution < -0.4 is 20.7 Å². The Bertz CT molecular complexity index is 1790. The molecule has 2 fully saturated rings. The van der Waals surface area contributed by atoms with E-state index in [0.717, 1.165) is 80.0 Å². The largest absolute Gasteiger partial charge is 0.492 e. The highest BCUT2D eigenvalue weighted by Crippen LogP contribution is 2.30. The third kappa shape index (κ3) is 10.9. The molecule has 4 N–H and O–H groups in total. The number of nitrogens with one attached hydrogen (secondary N) is 3. The summed E-state index contributed by atoms with van der Waals surface area (Å²) in [5, 5.41) is 20.2. The third-order valence-electron chi connectivity index (χ3n) is 9.08. The molecule has 2 atom stereocenters. The second-order valence-corrected chi connectivity index (χ2v) is 14.6. The van der Waals surface area contributed by atoms with Gasteiger partial charge < -0.3 is 25.8 Å². The van der Waals surface area contributed by atoms with Crippen LogP contribution in [0.15, 0.2) is 66.7 Å². The molecule has 0 unspecified atom stereocenters. The van der Waals surface area contributed by atoms with Gasteiger partial charge in [-0.3, -0.25) is 19.4 Å². The molecular formula is C38H46F3N5O5S. The van der Waals surface area contributed by atoms with Crippen molar-refractivity contribution in [3.8, 4) is 5.75 Å². The van der Waals surface area contributed by atoms with Crippen LogP contribution in [0.1, 0.15) is 41.9 Å². The second-order valence-electron chi connectivity index (χ2n) is 13.5. The monoisotopic (exact) mass is 741 g/mol. The van der Waals surface area contributed by atoms with Gasteiger partial charge in [-0.1, -0.05) is 62.4 Å². The number of aliphatic carboxylic acids is 1. The van der Waals surface area contributed by atoms with Gasteiger partial charge in [0.2, 0.25) is 5.91 Å². The number of benzene rings is 3. The zero-order valence-electron chi connectivity index (χ0n) is 29.4. The number of thiophene rings is 1. The average Bonchev–Trinajstić information content (AvgIpc) is 3.76. The Balaban J connectivity index is 0.000000679. The van der Waals surface area contributed by atoms with Crippen molar-refractivity contribution in [1.29, 1.82) is 0 Å². The number of halogens is 3. The lowest BCUT2D eigenvalue weighted by Crippen LogP contribution is -2.50. The molecule has 0 radical (unpaired) electrons. The number of piperazine rings is 1. The first-order chi connectivity index (χ1) is 24.9. The molecule has 0 saturated carbocycles. The number of carboxylic acid groups (broad SMARTS) is 1. The molecule has 0 bridgehead atoms. The molecule has 14 heteroatoms. The lowest BCUT2D eigenvalue weighted by atomic mass is 10.0. The molecule has 0 aliphatic carbocycles. The number of nitrogens with zero attached hydrogens (tertiary/aromatic N) is 2. The highest BCUT2D eigenvalue weighted by Gasteiger charge is 2.38. The summed E-state index contributed by atoms with van der Waals surface area (Å²) in [5.74, 6) is -1.84. The fraction of sp³-hybridized carbons (Fsp3) is 0.447. The van der Waals surface area contributed by atoms with Gasteiger partial charge in [-0.05, 0) is 53.3 Å². The molecule has 0 spiro atoms. The van der Waals surface area contributed by atoms with E-state index in [0.29, 0.717) is 17.9 Å². The van der Waals surface area contributed by atoms with Gasteiger partial charge in [0.25, 0.3) is 5.91 Å². The van der Waals surface area contributed by atoms with Gasteiger partial charge in [0.1, 0.15) is 18.4 Å². The van der Waals surface area contributed by atoms with Gasteiger partial charge in [0.15, 0.2) is 0 Å². The van der Waals surface area contributed by atoms with Crippen LogP contribution in [-0.2, 0) is 16.1 Å². The molecule has 1 aromatic heterocycles. The Morgan fingerprint density at radius 2 is 1.67 bits per heavy atom. The maximum atomic E-state index is 13.5. The van der Waals surface area contributed by atoms with E-state index in [2.05, 4.69) is 76.0 Å². The summed E-state index contributed by atoms with van der Waals surface area (Å²) in [7, 11) is 0. The summed E-state index contributed by atoms with van der Waals surface area (Å²) < 4.78 is 39.1. The maximum absolute atomic E-state index is 13.5. The number of amides is 2. The van der Waals surface area contributed by atoms with Gasteiger partial charge in [-0.25, -0.2) is 4.79 Å². The van der Waals surface area contributed by atoms with E-state index in [9.17, 15) is 22.8 Å². The van der Waals surface area contributed by atoms with Crippen molar-refractivity contribution in [2.75, 3.05) is 52.4 Å². The van der Waals surface area contributed by atoms with E-state index < -0.39 is 18.2 Å². The molecule has 10 nitrogen and oxygen atoms in total. The number of alkyl halides is 3. The summed E-state index contributed by atoms with van der Waals surface area (Å²) in [6, 6.07) is 22.1. The van der Waals surface area contributed by atoms with Crippen molar-refractivity contribution in [3.05, 3.63) is 77.2 Å². The Kier molecular flexibility index (Phi) is 13.5. The van der Waals surface area contributed by atoms with Crippen molar-refractivity contribution >= 4 is 50.0 Å². The molecule has 6 rings (SSSR count). The van der Waals surface area contributed by atoms with Gasteiger partial charge in [-0.15, -0.1) is 11.3 Å². The highest BCUT2D eigenvalue weighted by atomic mass is 32.1. The summed E-state index contributed by atoms with van der Waals surface area (Å²) in [4.78, 5) is 41.0. The number of hydrogen-bond acceptors (Lipinski definition) is 8. The summed E-state index contributed by atoms with van der Waals surface area (Å²) in [6.07, 6.45) is -3.61. The predicted octanol–water partition coefficient (Wildman–Crippen LogP) is 5.51. The smallest absolute Gasteiger partial charge is 0.490 e. The van der Waals surface area contributed by atoms with Crippen LogP contribution in [0.4, 0.5) is 13.2 Å². The summed E-state index contributed by atoms with van der Waals surface area (Å²) >= 11 is 1.46. The molecule has 2 amide bonds. The quantitative estimate of drug-likeness (QED) is 0.150. The SMILES string of the molecule is CC(C)C[C@H](NC(=O)c1cc2ccccc2s1)C(=O)N[C@H]1CCN(Cc2ccc(OCCN3CCNCC3)c3ccccc23)C1.O=C(O)C(F)(F)F. The molecule has 3 heterocycles. The minimum absolute atomic E-state index is 0.0484. The van der Waals surface area contributed by atoms with E-state index in [1.165, 1.54) is 22.3 Å². The zero-order chi connectivity index (χ0) is 37.3. The first-order valence-electron chi connectivity index (χ1n) is 17.6. The van der Waals surface area contributed by atoms with E-state index in [-0.39, 0.29) is 23.8 Å². The lowest BCUT2D eigenvalue weighted by molar-refractivity contribution is -0.192. The van der Waals surface area contributed by atoms with E-state index in [4.69, 9.17) is 14.6 Å². The van der Waals surface area contributed by atoms with Crippen molar-refractivity contribution in [1.82, 2.24) is 25.8 Å². The number of fused-ring (bicyclic) bond motifs is 2. The Morgan fingerprint density at radius 1 is 0.981 bits per heavy atom. The van der Waals surface area contributed by atoms with E-state index in [1.54, 1.807) is 0 Å². The predicted molar refractivity (Wildman–Crippen MR) is 197 cm³/mol. The fourth-order valence-electron chi connectivity index (χ4n) is 6.48. The maximum Gasteiger partial charge on any atom is 0.490 e. The standard InChI is InChI=1S/C36H45N5O3S.C2HF3O2/c1-25(2)21-31(39-36(43)34-22-26-7-3-6-10-33(26)45-34)35(42)38-28-13-16-41(24-28)23-27-11-12-32(30-9-5-4-8-29(27)30)44-20-19-40-17-14-37-15-18-40;3-2(4,5)1(6)7/h3-12,22,25,28,31,37H,13-21,23-24H2,1-2H3,(H,38,42)(H,39,43);(H,6,7)/t28-,31-;/m0./s1. The van der Waals surface area contributed by atoms with Crippen LogP contribution in [0.2, 0.25) is 0 Å². The molecule has 2 aliphatic heterocycles. The molecular weight excluding hydrogens is 696 g/mol. The first kappa shape index (κ1) is 39.0. The Morgan fingerprint density at radius 3 is 2.37 bits per heavy atom. The van der Waals surface area contributed by atoms with Crippen LogP contribution in [0, 0.1) is 5.92 Å². The minimum atomic E-state index is -5.08. The number of rotatable bonds is 12. The van der Waals surface area contributed by atoms with Crippen molar-refractivity contribution in [2.45, 2.75) is 51.5 Å². The fourth-order valence-corrected chi connectivity index (χ4v) is 7.45. The van der Waals surface area contributed by atoms with E-state index in [1.807, 2.05) is 30.3 Å². The normalized spacial score (nSPS) is 17.5. The first-order valence-corrected chi connectivity index (χ1v) is 18.4. The number of carbonyl (C=O) groups is 3. The molecule has 280 valence electrons. The molecule has 2 saturated heterocycles. The zero-order valence-corrected chi connectivity index (χ0v) is 30.2. The molecule has 3 aromatic carbocycles. The topological polar surface area (TPSA) is 123 Å². The summed E-state index contributed by atoms with van der Waals surface area (Å²) in [5.41, 5.74) is 1.26. The van der Waals surface area contributed by atoms with Crippen molar-refractivity contribution in [3.63, 3.8) is 0 Å². The van der Waals surface area contributed by atoms with E-state index >= 15 is 0 Å². The highest BCUT2D eigenvalue weighted by molar-refractivity contribution is 7.20. The van der Waals surface area contributed by atoms with Gasteiger partial charge >= 0.3 is 12.1 Å². The van der Waals surface area contributed by atoms with Crippen LogP contribution in [0.5, 0.6) is 5.75 Å². The Hall–Kier alpha value is -4.24. The van der Waals surface area contributed by atoms with Gasteiger partial charge in [0.05, 0.1) is 4.88 Å². The number of carboxylic acids is 1. The van der Waals surface area contributed by atoms with Crippen LogP contribution in [0.25, 0.3) is 20.9 Å². The average molecular weight is 742 g/mol. The van der Waals surface area contributed by atoms with Crippen LogP contribution >= 0.6 is 11.3 Å². The molecule has 52 heavy (non-hydrogen) atoms. The number of carbonyl (C=O) groups excluding carboxylic acids is 2. The number of likely N-dealkylation sites (tertiary alicyclic amines) is 1.